The van der Waals surface area contributed by atoms with Crippen molar-refractivity contribution in [1.29, 1.82) is 0 Å². The lowest BCUT2D eigenvalue weighted by molar-refractivity contribution is 0.409. The number of ether oxygens (including phenoxy) is 2. The maximum atomic E-state index is 5.90. The van der Waals surface area contributed by atoms with E-state index in [0.717, 1.165) is 39.3 Å². The van der Waals surface area contributed by atoms with Gasteiger partial charge in [-0.2, -0.15) is 0 Å². The molecule has 0 aliphatic heterocycles. The fourth-order valence-corrected chi connectivity index (χ4v) is 2.70. The van der Waals surface area contributed by atoms with Gasteiger partial charge in [-0.25, -0.2) is 0 Å². The predicted molar refractivity (Wildman–Crippen MR) is 92.3 cm³/mol. The molecule has 0 aliphatic carbocycles. The second-order valence-electron chi connectivity index (χ2n) is 4.44. The molecule has 0 amide bonds. The fourth-order valence-electron chi connectivity index (χ4n) is 1.82. The first-order valence-electron chi connectivity index (χ1n) is 6.64. The molecule has 0 atom stereocenters. The largest absolute Gasteiger partial charge is 0.496 e. The van der Waals surface area contributed by atoms with Gasteiger partial charge in [0, 0.05) is 6.54 Å². The van der Waals surface area contributed by atoms with Gasteiger partial charge in [-0.1, -0.05) is 19.1 Å². The topological polar surface area (TPSA) is 30.5 Å². The summed E-state index contributed by atoms with van der Waals surface area (Å²) >= 11 is 6.95. The van der Waals surface area contributed by atoms with Crippen LogP contribution in [-0.2, 0) is 6.54 Å². The fraction of sp³-hybridized carbons (Fsp3) is 0.250. The van der Waals surface area contributed by atoms with Gasteiger partial charge in [0.1, 0.15) is 17.2 Å². The number of benzene rings is 2. The van der Waals surface area contributed by atoms with Crippen molar-refractivity contribution in [2.75, 3.05) is 13.7 Å². The summed E-state index contributed by atoms with van der Waals surface area (Å²) in [4.78, 5) is 0. The molecule has 2 aromatic carbocycles. The first kappa shape index (κ1) is 16.3. The number of halogens is 2. The molecule has 5 heteroatoms. The highest BCUT2D eigenvalue weighted by molar-refractivity contribution is 9.11. The number of nitrogens with one attached hydrogen (secondary N) is 1. The molecule has 2 rings (SSSR count). The molecule has 0 saturated heterocycles. The second-order valence-corrected chi connectivity index (χ2v) is 6.15. The molecule has 0 aliphatic rings. The summed E-state index contributed by atoms with van der Waals surface area (Å²) < 4.78 is 12.8. The standard InChI is InChI=1S/C16H17Br2NO2/c1-3-19-10-11-4-6-12(7-5-11)21-16-9-13(17)15(20-2)8-14(16)18/h4-9,19H,3,10H2,1-2H3. The molecule has 0 spiro atoms. The quantitative estimate of drug-likeness (QED) is 0.711. The van der Waals surface area contributed by atoms with Gasteiger partial charge >= 0.3 is 0 Å². The molecule has 0 aromatic heterocycles. The van der Waals surface area contributed by atoms with E-state index in [4.69, 9.17) is 9.47 Å². The Morgan fingerprint density at radius 2 is 1.62 bits per heavy atom. The molecule has 21 heavy (non-hydrogen) atoms. The van der Waals surface area contributed by atoms with E-state index in [-0.39, 0.29) is 0 Å². The van der Waals surface area contributed by atoms with E-state index in [2.05, 4.69) is 56.2 Å². The van der Waals surface area contributed by atoms with Crippen molar-refractivity contribution in [3.05, 3.63) is 50.9 Å². The molecular weight excluding hydrogens is 398 g/mol. The first-order chi connectivity index (χ1) is 10.1. The molecule has 112 valence electrons. The zero-order valence-electron chi connectivity index (χ0n) is 12.0. The molecule has 0 heterocycles. The monoisotopic (exact) mass is 413 g/mol. The van der Waals surface area contributed by atoms with Crippen molar-refractivity contribution in [2.24, 2.45) is 0 Å². The Kier molecular flexibility index (Phi) is 6.08. The van der Waals surface area contributed by atoms with Gasteiger partial charge in [0.15, 0.2) is 0 Å². The maximum Gasteiger partial charge on any atom is 0.143 e. The van der Waals surface area contributed by atoms with E-state index in [9.17, 15) is 0 Å². The Labute approximate surface area is 141 Å². The van der Waals surface area contributed by atoms with Crippen molar-refractivity contribution >= 4 is 31.9 Å². The minimum atomic E-state index is 0.738. The molecule has 3 nitrogen and oxygen atoms in total. The van der Waals surface area contributed by atoms with Gasteiger partial charge in [0.2, 0.25) is 0 Å². The van der Waals surface area contributed by atoms with Gasteiger partial charge in [-0.15, -0.1) is 0 Å². The van der Waals surface area contributed by atoms with E-state index in [1.165, 1.54) is 5.56 Å². The highest BCUT2D eigenvalue weighted by atomic mass is 79.9. The van der Waals surface area contributed by atoms with E-state index in [0.29, 0.717) is 0 Å². The van der Waals surface area contributed by atoms with Crippen LogP contribution in [0.2, 0.25) is 0 Å². The summed E-state index contributed by atoms with van der Waals surface area (Å²) in [5, 5.41) is 3.29. The van der Waals surface area contributed by atoms with Gasteiger partial charge in [0.05, 0.1) is 16.1 Å². The zero-order valence-corrected chi connectivity index (χ0v) is 15.1. The van der Waals surface area contributed by atoms with Crippen LogP contribution in [0.25, 0.3) is 0 Å². The smallest absolute Gasteiger partial charge is 0.143 e. The highest BCUT2D eigenvalue weighted by Crippen LogP contribution is 2.38. The molecule has 0 bridgehead atoms. The summed E-state index contributed by atoms with van der Waals surface area (Å²) in [5.41, 5.74) is 1.24. The van der Waals surface area contributed by atoms with Gasteiger partial charge < -0.3 is 14.8 Å². The molecule has 0 saturated carbocycles. The molecule has 0 fully saturated rings. The van der Waals surface area contributed by atoms with Gasteiger partial charge in [-0.3, -0.25) is 0 Å². The highest BCUT2D eigenvalue weighted by Gasteiger charge is 2.09. The Bertz CT molecular complexity index is 600. The first-order valence-corrected chi connectivity index (χ1v) is 8.23. The van der Waals surface area contributed by atoms with E-state index in [1.54, 1.807) is 7.11 Å². The SMILES string of the molecule is CCNCc1ccc(Oc2cc(Br)c(OC)cc2Br)cc1. The molecule has 0 unspecified atom stereocenters. The normalized spacial score (nSPS) is 10.5. The number of rotatable bonds is 6. The average molecular weight is 415 g/mol. The van der Waals surface area contributed by atoms with Gasteiger partial charge in [0.25, 0.3) is 0 Å². The third-order valence-corrected chi connectivity index (χ3v) is 4.18. The van der Waals surface area contributed by atoms with Crippen LogP contribution in [0.4, 0.5) is 0 Å². The minimum absolute atomic E-state index is 0.738. The van der Waals surface area contributed by atoms with E-state index < -0.39 is 0 Å². The van der Waals surface area contributed by atoms with Crippen LogP contribution in [0, 0.1) is 0 Å². The van der Waals surface area contributed by atoms with Crippen LogP contribution >= 0.6 is 31.9 Å². The molecular formula is C16H17Br2NO2. The van der Waals surface area contributed by atoms with Crippen LogP contribution in [-0.4, -0.2) is 13.7 Å². The second kappa shape index (κ2) is 7.82. The lowest BCUT2D eigenvalue weighted by Crippen LogP contribution is -2.11. The maximum absolute atomic E-state index is 5.90. The Balaban J connectivity index is 2.12. The summed E-state index contributed by atoms with van der Waals surface area (Å²) in [6.45, 7) is 3.93. The van der Waals surface area contributed by atoms with E-state index in [1.807, 2.05) is 24.3 Å². The van der Waals surface area contributed by atoms with Crippen LogP contribution < -0.4 is 14.8 Å². The van der Waals surface area contributed by atoms with E-state index >= 15 is 0 Å². The van der Waals surface area contributed by atoms with Crippen LogP contribution in [0.3, 0.4) is 0 Å². The van der Waals surface area contributed by atoms with Crippen molar-refractivity contribution in [3.63, 3.8) is 0 Å². The molecule has 2 aromatic rings. The van der Waals surface area contributed by atoms with Crippen LogP contribution in [0.15, 0.2) is 45.3 Å². The summed E-state index contributed by atoms with van der Waals surface area (Å²) in [7, 11) is 1.64. The van der Waals surface area contributed by atoms with Crippen molar-refractivity contribution in [3.8, 4) is 17.2 Å². The lowest BCUT2D eigenvalue weighted by atomic mass is 10.2. The summed E-state index contributed by atoms with van der Waals surface area (Å²) in [6, 6.07) is 11.8. The van der Waals surface area contributed by atoms with Crippen LogP contribution in [0.5, 0.6) is 17.2 Å². The average Bonchev–Trinajstić information content (AvgIpc) is 2.50. The molecule has 1 N–H and O–H groups in total. The Hall–Kier alpha value is -1.04. The summed E-state index contributed by atoms with van der Waals surface area (Å²) in [6.07, 6.45) is 0. The number of hydrogen-bond acceptors (Lipinski definition) is 3. The predicted octanol–water partition coefficient (Wildman–Crippen LogP) is 5.12. The minimum Gasteiger partial charge on any atom is -0.496 e. The molecule has 0 radical (unpaired) electrons. The third kappa shape index (κ3) is 4.46. The van der Waals surface area contributed by atoms with Crippen molar-refractivity contribution < 1.29 is 9.47 Å². The zero-order chi connectivity index (χ0) is 15.2. The van der Waals surface area contributed by atoms with Crippen molar-refractivity contribution in [2.45, 2.75) is 13.5 Å². The van der Waals surface area contributed by atoms with Crippen molar-refractivity contribution in [1.82, 2.24) is 5.32 Å². The van der Waals surface area contributed by atoms with Crippen LogP contribution in [0.1, 0.15) is 12.5 Å². The number of hydrogen-bond donors (Lipinski definition) is 1. The number of methoxy groups -OCH3 is 1. The Morgan fingerprint density at radius 3 is 2.24 bits per heavy atom. The Morgan fingerprint density at radius 1 is 1.00 bits per heavy atom. The van der Waals surface area contributed by atoms with Gasteiger partial charge in [-0.05, 0) is 68.2 Å². The lowest BCUT2D eigenvalue weighted by Gasteiger charge is -2.11. The summed E-state index contributed by atoms with van der Waals surface area (Å²) in [5.74, 6) is 2.30. The third-order valence-electron chi connectivity index (χ3n) is 2.94.